The average Bonchev–Trinajstić information content (AvgIpc) is 2.36. The molecule has 5 atom stereocenters. The Morgan fingerprint density at radius 1 is 1.06 bits per heavy atom. The summed E-state index contributed by atoms with van der Waals surface area (Å²) in [6.45, 7) is 1.66. The molecular formula is C12H15ClO4S. The Balaban J connectivity index is 2.06. The first kappa shape index (κ1) is 14.1. The first-order chi connectivity index (χ1) is 8.49. The number of aliphatic hydroxyl groups excluding tert-OH is 3. The molecule has 0 radical (unpaired) electrons. The third-order valence-electron chi connectivity index (χ3n) is 2.87. The quantitative estimate of drug-likeness (QED) is 0.765. The molecule has 0 amide bonds. The summed E-state index contributed by atoms with van der Waals surface area (Å²) < 4.78 is 5.49. The van der Waals surface area contributed by atoms with Gasteiger partial charge in [-0.1, -0.05) is 23.4 Å². The van der Waals surface area contributed by atoms with Gasteiger partial charge in [-0.2, -0.15) is 0 Å². The molecule has 18 heavy (non-hydrogen) atoms. The van der Waals surface area contributed by atoms with Crippen molar-refractivity contribution in [3.63, 3.8) is 0 Å². The van der Waals surface area contributed by atoms with Gasteiger partial charge in [-0.3, -0.25) is 0 Å². The molecule has 1 fully saturated rings. The molecule has 3 N–H and O–H groups in total. The lowest BCUT2D eigenvalue weighted by Crippen LogP contribution is -2.55. The van der Waals surface area contributed by atoms with E-state index >= 15 is 0 Å². The van der Waals surface area contributed by atoms with Crippen molar-refractivity contribution < 1.29 is 20.1 Å². The Bertz CT molecular complexity index is 400. The lowest BCUT2D eigenvalue weighted by Gasteiger charge is -2.38. The monoisotopic (exact) mass is 290 g/mol. The van der Waals surface area contributed by atoms with Crippen molar-refractivity contribution in [2.45, 2.75) is 41.7 Å². The summed E-state index contributed by atoms with van der Waals surface area (Å²) >= 11 is 7.07. The standard InChI is InChI=1S/C12H15ClO4S/c1-6-9(14)10(15)11(16)12(17-6)18-8-4-2-7(13)3-5-8/h2-6,9-12,14-16H,1H3/t6-,9+,10+,11-,12?/m1/s1. The van der Waals surface area contributed by atoms with Crippen LogP contribution in [0.3, 0.4) is 0 Å². The molecule has 6 heteroatoms. The fraction of sp³-hybridized carbons (Fsp3) is 0.500. The van der Waals surface area contributed by atoms with Crippen LogP contribution < -0.4 is 0 Å². The highest BCUT2D eigenvalue weighted by Crippen LogP contribution is 2.33. The normalized spacial score (nSPS) is 36.6. The van der Waals surface area contributed by atoms with Gasteiger partial charge >= 0.3 is 0 Å². The van der Waals surface area contributed by atoms with Crippen LogP contribution in [0.25, 0.3) is 0 Å². The summed E-state index contributed by atoms with van der Waals surface area (Å²) in [5.41, 5.74) is -0.612. The van der Waals surface area contributed by atoms with E-state index in [1.807, 2.05) is 12.1 Å². The molecular weight excluding hydrogens is 276 g/mol. The number of ether oxygens (including phenoxy) is 1. The summed E-state index contributed by atoms with van der Waals surface area (Å²) in [6.07, 6.45) is -3.91. The van der Waals surface area contributed by atoms with E-state index in [1.165, 1.54) is 11.8 Å². The number of rotatable bonds is 2. The van der Waals surface area contributed by atoms with E-state index < -0.39 is 29.9 Å². The summed E-state index contributed by atoms with van der Waals surface area (Å²) in [5.74, 6) is 0. The smallest absolute Gasteiger partial charge is 0.136 e. The second-order valence-electron chi connectivity index (χ2n) is 4.25. The number of thioether (sulfide) groups is 1. The first-order valence-corrected chi connectivity index (χ1v) is 6.86. The van der Waals surface area contributed by atoms with Crippen LogP contribution in [-0.4, -0.2) is 45.2 Å². The van der Waals surface area contributed by atoms with Crippen molar-refractivity contribution in [3.05, 3.63) is 29.3 Å². The van der Waals surface area contributed by atoms with E-state index in [1.54, 1.807) is 19.1 Å². The summed E-state index contributed by atoms with van der Waals surface area (Å²) in [4.78, 5) is 0.874. The minimum Gasteiger partial charge on any atom is -0.388 e. The Labute approximate surface area is 115 Å². The highest BCUT2D eigenvalue weighted by atomic mass is 35.5. The van der Waals surface area contributed by atoms with E-state index in [0.29, 0.717) is 5.02 Å². The van der Waals surface area contributed by atoms with Gasteiger partial charge in [-0.05, 0) is 31.2 Å². The van der Waals surface area contributed by atoms with E-state index in [9.17, 15) is 15.3 Å². The van der Waals surface area contributed by atoms with E-state index in [0.717, 1.165) is 4.90 Å². The van der Waals surface area contributed by atoms with Crippen LogP contribution in [0.4, 0.5) is 0 Å². The molecule has 1 unspecified atom stereocenters. The van der Waals surface area contributed by atoms with Crippen molar-refractivity contribution in [2.75, 3.05) is 0 Å². The van der Waals surface area contributed by atoms with Crippen LogP contribution >= 0.6 is 23.4 Å². The highest BCUT2D eigenvalue weighted by Gasteiger charge is 2.42. The van der Waals surface area contributed by atoms with Crippen LogP contribution in [0.2, 0.25) is 5.02 Å². The molecule has 1 aromatic rings. The Morgan fingerprint density at radius 2 is 1.67 bits per heavy atom. The van der Waals surface area contributed by atoms with Crippen molar-refractivity contribution >= 4 is 23.4 Å². The number of hydrogen-bond donors (Lipinski definition) is 3. The van der Waals surface area contributed by atoms with Crippen molar-refractivity contribution in [1.82, 2.24) is 0 Å². The van der Waals surface area contributed by atoms with Gasteiger partial charge in [0.2, 0.25) is 0 Å². The Morgan fingerprint density at radius 3 is 2.28 bits per heavy atom. The number of halogens is 1. The summed E-state index contributed by atoms with van der Waals surface area (Å²) in [6, 6.07) is 7.11. The minimum absolute atomic E-state index is 0.520. The van der Waals surface area contributed by atoms with Gasteiger partial charge in [0.15, 0.2) is 0 Å². The Kier molecular flexibility index (Phi) is 4.53. The molecule has 0 spiro atoms. The molecule has 0 aliphatic carbocycles. The van der Waals surface area contributed by atoms with Gasteiger partial charge in [-0.15, -0.1) is 0 Å². The molecule has 4 nitrogen and oxygen atoms in total. The molecule has 1 saturated heterocycles. The van der Waals surface area contributed by atoms with Gasteiger partial charge in [0.25, 0.3) is 0 Å². The van der Waals surface area contributed by atoms with E-state index in [4.69, 9.17) is 16.3 Å². The molecule has 0 bridgehead atoms. The molecule has 1 aromatic carbocycles. The topological polar surface area (TPSA) is 69.9 Å². The minimum atomic E-state index is -1.20. The van der Waals surface area contributed by atoms with Gasteiger partial charge in [0.1, 0.15) is 23.7 Å². The van der Waals surface area contributed by atoms with Gasteiger partial charge in [0.05, 0.1) is 6.10 Å². The molecule has 1 aliphatic heterocycles. The van der Waals surface area contributed by atoms with Crippen LogP contribution in [0.1, 0.15) is 6.92 Å². The van der Waals surface area contributed by atoms with Gasteiger partial charge in [-0.25, -0.2) is 0 Å². The number of benzene rings is 1. The van der Waals surface area contributed by atoms with Crippen molar-refractivity contribution in [3.8, 4) is 0 Å². The maximum atomic E-state index is 9.86. The second kappa shape index (κ2) is 5.77. The lowest BCUT2D eigenvalue weighted by molar-refractivity contribution is -0.192. The van der Waals surface area contributed by atoms with Crippen molar-refractivity contribution in [1.29, 1.82) is 0 Å². The van der Waals surface area contributed by atoms with E-state index in [2.05, 4.69) is 0 Å². The third kappa shape index (κ3) is 2.99. The zero-order chi connectivity index (χ0) is 13.3. The summed E-state index contributed by atoms with van der Waals surface area (Å²) in [7, 11) is 0. The second-order valence-corrected chi connectivity index (χ2v) is 5.86. The number of aliphatic hydroxyl groups is 3. The summed E-state index contributed by atoms with van der Waals surface area (Å²) in [5, 5.41) is 29.8. The maximum absolute atomic E-state index is 9.86. The fourth-order valence-electron chi connectivity index (χ4n) is 1.76. The molecule has 1 aliphatic rings. The van der Waals surface area contributed by atoms with Crippen molar-refractivity contribution in [2.24, 2.45) is 0 Å². The third-order valence-corrected chi connectivity index (χ3v) is 4.29. The van der Waals surface area contributed by atoms with Crippen LogP contribution in [0.15, 0.2) is 29.2 Å². The van der Waals surface area contributed by atoms with Gasteiger partial charge in [0, 0.05) is 9.92 Å². The first-order valence-electron chi connectivity index (χ1n) is 5.61. The predicted octanol–water partition coefficient (Wildman–Crippen LogP) is 1.26. The van der Waals surface area contributed by atoms with E-state index in [-0.39, 0.29) is 0 Å². The zero-order valence-electron chi connectivity index (χ0n) is 9.73. The van der Waals surface area contributed by atoms with Crippen LogP contribution in [0.5, 0.6) is 0 Å². The average molecular weight is 291 g/mol. The lowest BCUT2D eigenvalue weighted by atomic mass is 10.0. The SMILES string of the molecule is C[C@H]1OC(Sc2ccc(Cl)cc2)[C@H](O)[C@@H](O)[C@H]1O. The maximum Gasteiger partial charge on any atom is 0.136 e. The fourth-order valence-corrected chi connectivity index (χ4v) is 2.98. The van der Waals surface area contributed by atoms with Crippen LogP contribution in [-0.2, 0) is 4.74 Å². The molecule has 100 valence electrons. The Hall–Kier alpha value is -0.300. The highest BCUT2D eigenvalue weighted by molar-refractivity contribution is 7.99. The molecule has 0 aromatic heterocycles. The molecule has 1 heterocycles. The zero-order valence-corrected chi connectivity index (χ0v) is 11.3. The largest absolute Gasteiger partial charge is 0.388 e. The number of hydrogen-bond acceptors (Lipinski definition) is 5. The molecule has 0 saturated carbocycles. The van der Waals surface area contributed by atoms with Crippen LogP contribution in [0, 0.1) is 0 Å². The molecule has 2 rings (SSSR count). The van der Waals surface area contributed by atoms with Gasteiger partial charge < -0.3 is 20.1 Å². The predicted molar refractivity (Wildman–Crippen MR) is 69.7 cm³/mol.